The molecule has 0 saturated carbocycles. The van der Waals surface area contributed by atoms with Gasteiger partial charge in [0, 0.05) is 24.5 Å². The molecule has 3 aromatic rings. The number of nitrogens with zero attached hydrogens (tertiary/aromatic N) is 1. The minimum atomic E-state index is -0.705. The van der Waals surface area contributed by atoms with Crippen molar-refractivity contribution in [2.24, 2.45) is 5.92 Å². The highest BCUT2D eigenvalue weighted by Gasteiger charge is 2.34. The molecule has 8 heteroatoms. The summed E-state index contributed by atoms with van der Waals surface area (Å²) >= 11 is 1.46. The first kappa shape index (κ1) is 29.3. The smallest absolute Gasteiger partial charge is 0.250 e. The van der Waals surface area contributed by atoms with Crippen LogP contribution in [0.5, 0.6) is 0 Å². The van der Waals surface area contributed by atoms with Crippen LogP contribution in [0.3, 0.4) is 0 Å². The van der Waals surface area contributed by atoms with E-state index in [1.54, 1.807) is 11.8 Å². The fourth-order valence-corrected chi connectivity index (χ4v) is 5.93. The van der Waals surface area contributed by atoms with Crippen LogP contribution in [0.2, 0.25) is 0 Å². The zero-order valence-corrected chi connectivity index (χ0v) is 24.2. The number of ketones is 1. The molecule has 0 aromatic heterocycles. The SMILES string of the molecule is CC[C@@H](C)C(=O)N[C@H]1CSc2c(NC(=O)CCCCC(C)=O)cccc2N(Cc2cccc3ccccc23)C1=O. The first-order valence-corrected chi connectivity index (χ1v) is 14.9. The van der Waals surface area contributed by atoms with E-state index in [0.29, 0.717) is 55.8 Å². The zero-order chi connectivity index (χ0) is 28.6. The van der Waals surface area contributed by atoms with Gasteiger partial charge in [-0.15, -0.1) is 11.8 Å². The summed E-state index contributed by atoms with van der Waals surface area (Å²) in [4.78, 5) is 53.4. The number of hydrogen-bond acceptors (Lipinski definition) is 5. The van der Waals surface area contributed by atoms with Gasteiger partial charge in [-0.05, 0) is 54.7 Å². The number of amides is 3. The topological polar surface area (TPSA) is 95.6 Å². The summed E-state index contributed by atoms with van der Waals surface area (Å²) in [6.45, 7) is 5.69. The monoisotopic (exact) mass is 559 g/mol. The van der Waals surface area contributed by atoms with Gasteiger partial charge >= 0.3 is 0 Å². The second-order valence-electron chi connectivity index (χ2n) is 10.4. The van der Waals surface area contributed by atoms with Crippen molar-refractivity contribution >= 4 is 57.4 Å². The molecule has 0 unspecified atom stereocenters. The van der Waals surface area contributed by atoms with Crippen molar-refractivity contribution in [3.05, 3.63) is 66.2 Å². The zero-order valence-electron chi connectivity index (χ0n) is 23.4. The van der Waals surface area contributed by atoms with Crippen LogP contribution in [0.1, 0.15) is 58.4 Å². The maximum Gasteiger partial charge on any atom is 0.250 e. The van der Waals surface area contributed by atoms with E-state index >= 15 is 0 Å². The second kappa shape index (κ2) is 13.6. The first-order valence-electron chi connectivity index (χ1n) is 13.9. The quantitative estimate of drug-likeness (QED) is 0.277. The van der Waals surface area contributed by atoms with Gasteiger partial charge in [0.05, 0.1) is 22.8 Å². The number of thioether (sulfide) groups is 1. The Morgan fingerprint density at radius 1 is 1.00 bits per heavy atom. The molecule has 3 amide bonds. The van der Waals surface area contributed by atoms with E-state index in [0.717, 1.165) is 21.2 Å². The summed E-state index contributed by atoms with van der Waals surface area (Å²) in [5, 5.41) is 8.16. The predicted molar refractivity (Wildman–Crippen MR) is 161 cm³/mol. The number of nitrogens with one attached hydrogen (secondary N) is 2. The Balaban J connectivity index is 1.66. The van der Waals surface area contributed by atoms with Gasteiger partial charge in [-0.3, -0.25) is 14.4 Å². The number of carbonyl (C=O) groups is 4. The fraction of sp³-hybridized carbons (Fsp3) is 0.375. The Labute approximate surface area is 240 Å². The molecule has 0 fully saturated rings. The number of benzene rings is 3. The highest BCUT2D eigenvalue weighted by molar-refractivity contribution is 7.99. The van der Waals surface area contributed by atoms with Crippen molar-refractivity contribution in [2.45, 2.75) is 70.4 Å². The van der Waals surface area contributed by atoms with Crippen LogP contribution in [-0.2, 0) is 25.7 Å². The minimum absolute atomic E-state index is 0.121. The summed E-state index contributed by atoms with van der Waals surface area (Å²) < 4.78 is 0. The van der Waals surface area contributed by atoms with Gasteiger partial charge in [0.2, 0.25) is 11.8 Å². The van der Waals surface area contributed by atoms with E-state index in [1.807, 2.05) is 74.5 Å². The second-order valence-corrected chi connectivity index (χ2v) is 11.4. The van der Waals surface area contributed by atoms with Gasteiger partial charge in [0.1, 0.15) is 11.8 Å². The normalized spacial score (nSPS) is 15.7. The fourth-order valence-electron chi connectivity index (χ4n) is 4.77. The molecule has 0 aliphatic carbocycles. The Morgan fingerprint density at radius 2 is 1.73 bits per heavy atom. The molecule has 0 radical (unpaired) electrons. The molecule has 1 aliphatic heterocycles. The molecule has 210 valence electrons. The van der Waals surface area contributed by atoms with Crippen LogP contribution in [0.25, 0.3) is 10.8 Å². The summed E-state index contributed by atoms with van der Waals surface area (Å²) in [6, 6.07) is 19.0. The molecule has 7 nitrogen and oxygen atoms in total. The molecule has 0 saturated heterocycles. The average Bonchev–Trinajstić information content (AvgIpc) is 3.07. The molecule has 2 N–H and O–H groups in total. The molecular weight excluding hydrogens is 522 g/mol. The molecule has 1 aliphatic rings. The minimum Gasteiger partial charge on any atom is -0.343 e. The van der Waals surface area contributed by atoms with Crippen LogP contribution >= 0.6 is 11.8 Å². The van der Waals surface area contributed by atoms with E-state index in [4.69, 9.17) is 0 Å². The number of anilines is 2. The van der Waals surface area contributed by atoms with Gasteiger partial charge in [-0.25, -0.2) is 0 Å². The van der Waals surface area contributed by atoms with E-state index in [-0.39, 0.29) is 29.4 Å². The Morgan fingerprint density at radius 3 is 2.50 bits per heavy atom. The van der Waals surface area contributed by atoms with Crippen molar-refractivity contribution < 1.29 is 19.2 Å². The highest BCUT2D eigenvalue weighted by Crippen LogP contribution is 2.41. The maximum absolute atomic E-state index is 14.0. The molecule has 1 heterocycles. The molecule has 3 aromatic carbocycles. The average molecular weight is 560 g/mol. The van der Waals surface area contributed by atoms with Gasteiger partial charge in [-0.2, -0.15) is 0 Å². The van der Waals surface area contributed by atoms with Crippen molar-refractivity contribution in [1.82, 2.24) is 5.32 Å². The first-order chi connectivity index (χ1) is 19.3. The van der Waals surface area contributed by atoms with E-state index in [9.17, 15) is 19.2 Å². The number of Topliss-reactive ketones (excluding diaryl/α,β-unsaturated/α-hetero) is 1. The lowest BCUT2D eigenvalue weighted by Gasteiger charge is -2.27. The number of rotatable bonds is 11. The third-order valence-corrected chi connectivity index (χ3v) is 8.50. The summed E-state index contributed by atoms with van der Waals surface area (Å²) in [5.41, 5.74) is 2.34. The lowest BCUT2D eigenvalue weighted by atomic mass is 10.0. The van der Waals surface area contributed by atoms with E-state index < -0.39 is 6.04 Å². The number of fused-ring (bicyclic) bond motifs is 2. The van der Waals surface area contributed by atoms with Crippen molar-refractivity contribution in [1.29, 1.82) is 0 Å². The van der Waals surface area contributed by atoms with Gasteiger partial charge in [0.25, 0.3) is 5.91 Å². The van der Waals surface area contributed by atoms with E-state index in [1.165, 1.54) is 11.8 Å². The number of carbonyl (C=O) groups excluding carboxylic acids is 4. The predicted octanol–water partition coefficient (Wildman–Crippen LogP) is 6.10. The molecule has 4 rings (SSSR count). The largest absolute Gasteiger partial charge is 0.343 e. The Kier molecular flexibility index (Phi) is 9.98. The lowest BCUT2D eigenvalue weighted by Crippen LogP contribution is -2.50. The Bertz CT molecular complexity index is 1400. The number of hydrogen-bond donors (Lipinski definition) is 2. The van der Waals surface area contributed by atoms with Crippen molar-refractivity contribution in [2.75, 3.05) is 16.0 Å². The maximum atomic E-state index is 14.0. The Hall–Kier alpha value is -3.65. The van der Waals surface area contributed by atoms with Crippen LogP contribution < -0.4 is 15.5 Å². The molecule has 0 spiro atoms. The highest BCUT2D eigenvalue weighted by atomic mass is 32.2. The number of unbranched alkanes of at least 4 members (excludes halogenated alkanes) is 1. The summed E-state index contributed by atoms with van der Waals surface area (Å²) in [6.07, 6.45) is 2.77. The van der Waals surface area contributed by atoms with Gasteiger partial charge in [-0.1, -0.05) is 62.4 Å². The third kappa shape index (κ3) is 7.10. The van der Waals surface area contributed by atoms with Crippen LogP contribution in [0, 0.1) is 5.92 Å². The standard InChI is InChI=1S/C32H37N3O4S/c1-4-21(2)31(38)34-27-20-40-30-26(33-29(37)18-8-5-11-22(3)36)16-10-17-28(30)35(32(27)39)19-24-14-9-13-23-12-6-7-15-25(23)24/h6-7,9-10,12-17,21,27H,4-5,8,11,18-20H2,1-3H3,(H,33,37)(H,34,38)/t21-,27+/m1/s1. The lowest BCUT2D eigenvalue weighted by molar-refractivity contribution is -0.129. The van der Waals surface area contributed by atoms with E-state index in [2.05, 4.69) is 10.6 Å². The van der Waals surface area contributed by atoms with Crippen LogP contribution in [0.4, 0.5) is 11.4 Å². The third-order valence-electron chi connectivity index (χ3n) is 7.29. The summed E-state index contributed by atoms with van der Waals surface area (Å²) in [5.74, 6) is -0.176. The van der Waals surface area contributed by atoms with Crippen molar-refractivity contribution in [3.63, 3.8) is 0 Å². The molecule has 40 heavy (non-hydrogen) atoms. The van der Waals surface area contributed by atoms with Crippen molar-refractivity contribution in [3.8, 4) is 0 Å². The van der Waals surface area contributed by atoms with Gasteiger partial charge in [0.15, 0.2) is 0 Å². The molecular formula is C32H37N3O4S. The summed E-state index contributed by atoms with van der Waals surface area (Å²) in [7, 11) is 0. The molecule has 0 bridgehead atoms. The van der Waals surface area contributed by atoms with Crippen LogP contribution in [-0.4, -0.2) is 35.3 Å². The molecule has 2 atom stereocenters. The van der Waals surface area contributed by atoms with Gasteiger partial charge < -0.3 is 20.3 Å². The van der Waals surface area contributed by atoms with Crippen LogP contribution in [0.15, 0.2) is 65.6 Å².